The number of amidine groups is 1. The molecule has 0 saturated carbocycles. The summed E-state index contributed by atoms with van der Waals surface area (Å²) in [6.07, 6.45) is 4.27. The number of nitrogens with zero attached hydrogens (tertiary/aromatic N) is 3. The molecule has 1 heterocycles. The highest BCUT2D eigenvalue weighted by Crippen LogP contribution is 2.35. The molecule has 0 amide bonds. The number of hydrogen-bond acceptors (Lipinski definition) is 6. The van der Waals surface area contributed by atoms with Gasteiger partial charge in [-0.15, -0.1) is 0 Å². The van der Waals surface area contributed by atoms with Crippen LogP contribution in [-0.2, 0) is 4.79 Å². The van der Waals surface area contributed by atoms with E-state index in [1.54, 1.807) is 19.2 Å². The fourth-order valence-corrected chi connectivity index (χ4v) is 3.71. The number of thioether (sulfide) groups is 1. The zero-order chi connectivity index (χ0) is 19.1. The molecule has 1 fully saturated rings. The maximum Gasteiger partial charge on any atom is 0.164 e. The summed E-state index contributed by atoms with van der Waals surface area (Å²) in [6, 6.07) is 5.53. The van der Waals surface area contributed by atoms with Crippen LogP contribution in [0.3, 0.4) is 0 Å². The predicted octanol–water partition coefficient (Wildman–Crippen LogP) is 3.62. The van der Waals surface area contributed by atoms with Crippen molar-refractivity contribution in [3.8, 4) is 17.6 Å². The van der Waals surface area contributed by atoms with Crippen LogP contribution < -0.4 is 9.47 Å². The first-order valence-corrected chi connectivity index (χ1v) is 9.86. The van der Waals surface area contributed by atoms with E-state index < -0.39 is 0 Å². The van der Waals surface area contributed by atoms with E-state index in [0.717, 1.165) is 31.1 Å². The van der Waals surface area contributed by atoms with Crippen molar-refractivity contribution in [2.75, 3.05) is 33.6 Å². The maximum atomic E-state index is 11.9. The third-order valence-electron chi connectivity index (χ3n) is 4.59. The van der Waals surface area contributed by atoms with Crippen molar-refractivity contribution >= 4 is 28.4 Å². The number of ether oxygens (including phenoxy) is 2. The Morgan fingerprint density at radius 2 is 1.92 bits per heavy atom. The van der Waals surface area contributed by atoms with E-state index in [4.69, 9.17) is 14.5 Å². The van der Waals surface area contributed by atoms with Gasteiger partial charge in [-0.2, -0.15) is 5.26 Å². The molecule has 1 aliphatic heterocycles. The largest absolute Gasteiger partial charge is 0.493 e. The molecule has 0 aliphatic carbocycles. The second-order valence-electron chi connectivity index (χ2n) is 6.02. The molecule has 26 heavy (non-hydrogen) atoms. The Bertz CT molecular complexity index is 719. The standard InChI is InChI=1S/C19H25N3O3S/c1-5-16(23)13-6-8-22(9-7-13)19(26-4)21-15-11-18(25-3)17(24-2)10-14(15)12-20/h10-11,13H,5-9H2,1-4H3. The van der Waals surface area contributed by atoms with Gasteiger partial charge < -0.3 is 14.4 Å². The molecule has 0 atom stereocenters. The Morgan fingerprint density at radius 3 is 2.42 bits per heavy atom. The number of benzene rings is 1. The number of methoxy groups -OCH3 is 2. The van der Waals surface area contributed by atoms with Crippen LogP contribution in [0, 0.1) is 17.2 Å². The van der Waals surface area contributed by atoms with Crippen molar-refractivity contribution in [1.82, 2.24) is 4.90 Å². The number of nitriles is 1. The number of likely N-dealkylation sites (tertiary alicyclic amines) is 1. The first-order chi connectivity index (χ1) is 12.6. The molecule has 0 spiro atoms. The Morgan fingerprint density at radius 1 is 1.31 bits per heavy atom. The summed E-state index contributed by atoms with van der Waals surface area (Å²) >= 11 is 1.54. The molecule has 2 rings (SSSR count). The molecule has 0 unspecified atom stereocenters. The fourth-order valence-electron chi connectivity index (χ4n) is 3.08. The Balaban J connectivity index is 2.26. The number of piperidine rings is 1. The first kappa shape index (κ1) is 20.1. The summed E-state index contributed by atoms with van der Waals surface area (Å²) in [5, 5.41) is 10.3. The number of rotatable bonds is 5. The van der Waals surface area contributed by atoms with Gasteiger partial charge in [0.25, 0.3) is 0 Å². The zero-order valence-electron chi connectivity index (χ0n) is 15.7. The molecule has 6 nitrogen and oxygen atoms in total. The minimum atomic E-state index is 0.162. The summed E-state index contributed by atoms with van der Waals surface area (Å²) in [7, 11) is 3.10. The van der Waals surface area contributed by atoms with Crippen molar-refractivity contribution in [3.63, 3.8) is 0 Å². The minimum absolute atomic E-state index is 0.162. The van der Waals surface area contributed by atoms with Gasteiger partial charge in [0.2, 0.25) is 0 Å². The van der Waals surface area contributed by atoms with E-state index in [1.165, 1.54) is 18.9 Å². The first-order valence-electron chi connectivity index (χ1n) is 8.64. The number of aliphatic imine (C=N–C) groups is 1. The van der Waals surface area contributed by atoms with Crippen LogP contribution in [0.1, 0.15) is 31.7 Å². The second-order valence-corrected chi connectivity index (χ2v) is 6.79. The van der Waals surface area contributed by atoms with Gasteiger partial charge in [0.05, 0.1) is 25.5 Å². The molecule has 1 aliphatic rings. The number of hydrogen-bond donors (Lipinski definition) is 0. The van der Waals surface area contributed by atoms with Crippen molar-refractivity contribution in [1.29, 1.82) is 5.26 Å². The second kappa shape index (κ2) is 9.48. The highest BCUT2D eigenvalue weighted by molar-refractivity contribution is 8.13. The van der Waals surface area contributed by atoms with Crippen molar-refractivity contribution < 1.29 is 14.3 Å². The summed E-state index contributed by atoms with van der Waals surface area (Å²) in [6.45, 7) is 3.51. The Hall–Kier alpha value is -2.20. The number of Topliss-reactive ketones (excluding diaryl/α,β-unsaturated/α-hetero) is 1. The summed E-state index contributed by atoms with van der Waals surface area (Å²) in [4.78, 5) is 18.8. The lowest BCUT2D eigenvalue weighted by molar-refractivity contribution is -0.123. The predicted molar refractivity (Wildman–Crippen MR) is 104 cm³/mol. The van der Waals surface area contributed by atoms with Gasteiger partial charge in [-0.1, -0.05) is 18.7 Å². The quantitative estimate of drug-likeness (QED) is 0.578. The van der Waals surface area contributed by atoms with Crippen LogP contribution in [-0.4, -0.2) is 49.4 Å². The van der Waals surface area contributed by atoms with Gasteiger partial charge in [0.1, 0.15) is 11.9 Å². The molecule has 1 aromatic carbocycles. The van der Waals surface area contributed by atoms with Gasteiger partial charge in [-0.3, -0.25) is 4.79 Å². The van der Waals surface area contributed by atoms with Crippen LogP contribution in [0.25, 0.3) is 0 Å². The third-order valence-corrected chi connectivity index (χ3v) is 5.30. The summed E-state index contributed by atoms with van der Waals surface area (Å²) < 4.78 is 10.6. The lowest BCUT2D eigenvalue weighted by Crippen LogP contribution is -2.38. The van der Waals surface area contributed by atoms with Crippen LogP contribution in [0.4, 0.5) is 5.69 Å². The SMILES string of the molecule is CCC(=O)C1CCN(C(=Nc2cc(OC)c(OC)cc2C#N)SC)CC1. The molecule has 0 bridgehead atoms. The van der Waals surface area contributed by atoms with E-state index in [9.17, 15) is 10.1 Å². The monoisotopic (exact) mass is 375 g/mol. The lowest BCUT2D eigenvalue weighted by Gasteiger charge is -2.32. The zero-order valence-corrected chi connectivity index (χ0v) is 16.6. The van der Waals surface area contributed by atoms with E-state index in [-0.39, 0.29) is 5.92 Å². The molecule has 0 aromatic heterocycles. The topological polar surface area (TPSA) is 74.9 Å². The molecule has 140 valence electrons. The third kappa shape index (κ3) is 4.50. The molecular weight excluding hydrogens is 350 g/mol. The van der Waals surface area contributed by atoms with Crippen molar-refractivity contribution in [2.45, 2.75) is 26.2 Å². The number of carbonyl (C=O) groups excluding carboxylic acids is 1. The van der Waals surface area contributed by atoms with Crippen LogP contribution in [0.15, 0.2) is 17.1 Å². The molecule has 1 saturated heterocycles. The Kier molecular flexibility index (Phi) is 7.34. The van der Waals surface area contributed by atoms with Gasteiger partial charge in [0.15, 0.2) is 16.7 Å². The minimum Gasteiger partial charge on any atom is -0.493 e. The smallest absolute Gasteiger partial charge is 0.164 e. The molecule has 7 heteroatoms. The van der Waals surface area contributed by atoms with Crippen LogP contribution in [0.2, 0.25) is 0 Å². The van der Waals surface area contributed by atoms with E-state index >= 15 is 0 Å². The fraction of sp³-hybridized carbons (Fsp3) is 0.526. The van der Waals surface area contributed by atoms with Gasteiger partial charge in [-0.05, 0) is 19.1 Å². The lowest BCUT2D eigenvalue weighted by atomic mass is 9.91. The van der Waals surface area contributed by atoms with Crippen molar-refractivity contribution in [2.24, 2.45) is 10.9 Å². The highest BCUT2D eigenvalue weighted by atomic mass is 32.2. The van der Waals surface area contributed by atoms with Crippen molar-refractivity contribution in [3.05, 3.63) is 17.7 Å². The summed E-state index contributed by atoms with van der Waals surface area (Å²) in [5.74, 6) is 1.56. The molecule has 0 N–H and O–H groups in total. The number of ketones is 1. The van der Waals surface area contributed by atoms with Crippen LogP contribution >= 0.6 is 11.8 Å². The number of carbonyl (C=O) groups is 1. The van der Waals surface area contributed by atoms with E-state index in [1.807, 2.05) is 13.2 Å². The average molecular weight is 375 g/mol. The maximum absolute atomic E-state index is 11.9. The van der Waals surface area contributed by atoms with Gasteiger partial charge in [0, 0.05) is 37.6 Å². The van der Waals surface area contributed by atoms with Crippen LogP contribution in [0.5, 0.6) is 11.5 Å². The average Bonchev–Trinajstić information content (AvgIpc) is 2.70. The van der Waals surface area contributed by atoms with Gasteiger partial charge >= 0.3 is 0 Å². The van der Waals surface area contributed by atoms with E-state index in [0.29, 0.717) is 35.0 Å². The summed E-state index contributed by atoms with van der Waals surface area (Å²) in [5.41, 5.74) is 0.992. The van der Waals surface area contributed by atoms with E-state index in [2.05, 4.69) is 11.0 Å². The Labute approximate surface area is 159 Å². The molecular formula is C19H25N3O3S. The normalized spacial score (nSPS) is 15.5. The van der Waals surface area contributed by atoms with Gasteiger partial charge in [-0.25, -0.2) is 4.99 Å². The molecule has 1 aromatic rings. The molecule has 0 radical (unpaired) electrons. The highest BCUT2D eigenvalue weighted by Gasteiger charge is 2.25.